The van der Waals surface area contributed by atoms with Gasteiger partial charge in [0.05, 0.1) is 0 Å². The molecule has 0 saturated carbocycles. The lowest BCUT2D eigenvalue weighted by atomic mass is 10.1. The highest BCUT2D eigenvalue weighted by atomic mass is 16.6. The van der Waals surface area contributed by atoms with Gasteiger partial charge in [-0.25, -0.2) is 5.11 Å². The quantitative estimate of drug-likeness (QED) is 0.412. The van der Waals surface area contributed by atoms with Crippen LogP contribution in [0.5, 0.6) is 0 Å². The van der Waals surface area contributed by atoms with Gasteiger partial charge in [-0.2, -0.15) is 0 Å². The highest BCUT2D eigenvalue weighted by Gasteiger charge is 2.05. The molecule has 0 bridgehead atoms. The second-order valence-corrected chi connectivity index (χ2v) is 4.33. The van der Waals surface area contributed by atoms with Crippen molar-refractivity contribution in [3.05, 3.63) is 0 Å². The second-order valence-electron chi connectivity index (χ2n) is 4.33. The Kier molecular flexibility index (Phi) is 9.42. The Balaban J connectivity index is 3.14. The van der Waals surface area contributed by atoms with Crippen LogP contribution < -0.4 is 0 Å². The summed E-state index contributed by atoms with van der Waals surface area (Å²) in [6.45, 7) is 7.16. The summed E-state index contributed by atoms with van der Waals surface area (Å²) in [4.78, 5) is 0. The second kappa shape index (κ2) is 9.47. The van der Waals surface area contributed by atoms with Crippen molar-refractivity contribution >= 4 is 0 Å². The van der Waals surface area contributed by atoms with Gasteiger partial charge in [-0.15, -0.1) is 0 Å². The van der Waals surface area contributed by atoms with Crippen LogP contribution in [0.1, 0.15) is 59.3 Å². The molecule has 0 aliphatic heterocycles. The maximum atomic E-state index is 11.2. The van der Waals surface area contributed by atoms with E-state index in [1.54, 1.807) is 0 Å². The zero-order valence-corrected chi connectivity index (χ0v) is 9.92. The lowest BCUT2D eigenvalue weighted by Crippen LogP contribution is -2.11. The molecule has 0 aromatic heterocycles. The van der Waals surface area contributed by atoms with Gasteiger partial charge in [-0.3, -0.25) is 0 Å². The van der Waals surface area contributed by atoms with Gasteiger partial charge in [-0.05, 0) is 25.2 Å². The predicted molar refractivity (Wildman–Crippen MR) is 58.6 cm³/mol. The molecule has 0 aliphatic rings. The Bertz CT molecular complexity index is 113. The van der Waals surface area contributed by atoms with Crippen LogP contribution in [-0.2, 0) is 9.84 Å². The smallest absolute Gasteiger partial charge is 0.191 e. The Labute approximate surface area is 88.7 Å². The van der Waals surface area contributed by atoms with E-state index in [0.29, 0.717) is 18.9 Å². The van der Waals surface area contributed by atoms with Crippen molar-refractivity contribution in [2.24, 2.45) is 5.92 Å². The summed E-state index contributed by atoms with van der Waals surface area (Å²) in [5.74, 6) is 0.712. The summed E-state index contributed by atoms with van der Waals surface area (Å²) < 4.78 is 5.18. The van der Waals surface area contributed by atoms with E-state index in [0.717, 1.165) is 25.7 Å². The number of rotatable bonds is 9. The van der Waals surface area contributed by atoms with E-state index < -0.39 is 6.29 Å². The SMILES string of the molecule is CCCCCC([O])OCCCC(C)C. The van der Waals surface area contributed by atoms with Crippen molar-refractivity contribution in [1.82, 2.24) is 0 Å². The molecule has 1 atom stereocenters. The zero-order valence-electron chi connectivity index (χ0n) is 9.92. The minimum atomic E-state index is -0.784. The van der Waals surface area contributed by atoms with E-state index in [1.807, 2.05) is 0 Å². The number of hydrogen-bond acceptors (Lipinski definition) is 1. The highest BCUT2D eigenvalue weighted by Crippen LogP contribution is 2.07. The Hall–Kier alpha value is -0.0800. The third-order valence-electron chi connectivity index (χ3n) is 2.27. The maximum absolute atomic E-state index is 11.2. The number of ether oxygens (including phenoxy) is 1. The van der Waals surface area contributed by atoms with Crippen LogP contribution in [-0.4, -0.2) is 12.9 Å². The molecule has 0 heterocycles. The topological polar surface area (TPSA) is 29.1 Å². The van der Waals surface area contributed by atoms with Gasteiger partial charge in [0.2, 0.25) is 0 Å². The van der Waals surface area contributed by atoms with Gasteiger partial charge in [0.15, 0.2) is 6.29 Å². The molecule has 0 spiro atoms. The molecule has 85 valence electrons. The summed E-state index contributed by atoms with van der Waals surface area (Å²) in [6, 6.07) is 0. The molecule has 0 aromatic carbocycles. The summed E-state index contributed by atoms with van der Waals surface area (Å²) >= 11 is 0. The van der Waals surface area contributed by atoms with Crippen LogP contribution in [0.3, 0.4) is 0 Å². The van der Waals surface area contributed by atoms with Crippen molar-refractivity contribution in [1.29, 1.82) is 0 Å². The highest BCUT2D eigenvalue weighted by molar-refractivity contribution is 4.47. The summed E-state index contributed by atoms with van der Waals surface area (Å²) in [5.41, 5.74) is 0. The third kappa shape index (κ3) is 10.0. The van der Waals surface area contributed by atoms with E-state index in [4.69, 9.17) is 4.74 Å². The molecule has 0 rings (SSSR count). The van der Waals surface area contributed by atoms with Crippen LogP contribution in [0.4, 0.5) is 0 Å². The molecule has 14 heavy (non-hydrogen) atoms. The van der Waals surface area contributed by atoms with Crippen molar-refractivity contribution in [3.63, 3.8) is 0 Å². The van der Waals surface area contributed by atoms with Crippen molar-refractivity contribution in [2.45, 2.75) is 65.6 Å². The van der Waals surface area contributed by atoms with Gasteiger partial charge in [0.1, 0.15) is 0 Å². The van der Waals surface area contributed by atoms with Crippen LogP contribution >= 0.6 is 0 Å². The molecular weight excluding hydrogens is 176 g/mol. The van der Waals surface area contributed by atoms with Gasteiger partial charge in [0, 0.05) is 13.0 Å². The molecule has 1 radical (unpaired) electrons. The number of hydrogen-bond donors (Lipinski definition) is 0. The monoisotopic (exact) mass is 201 g/mol. The Morgan fingerprint density at radius 1 is 1.07 bits per heavy atom. The summed E-state index contributed by atoms with van der Waals surface area (Å²) in [5, 5.41) is 11.2. The Morgan fingerprint density at radius 2 is 1.79 bits per heavy atom. The van der Waals surface area contributed by atoms with E-state index in [9.17, 15) is 5.11 Å². The average molecular weight is 201 g/mol. The Morgan fingerprint density at radius 3 is 2.36 bits per heavy atom. The van der Waals surface area contributed by atoms with E-state index >= 15 is 0 Å². The van der Waals surface area contributed by atoms with Crippen LogP contribution in [0, 0.1) is 5.92 Å². The lowest BCUT2D eigenvalue weighted by molar-refractivity contribution is -0.145. The molecular formula is C12H25O2. The first-order valence-corrected chi connectivity index (χ1v) is 5.94. The summed E-state index contributed by atoms with van der Waals surface area (Å²) in [7, 11) is 0. The van der Waals surface area contributed by atoms with E-state index in [2.05, 4.69) is 20.8 Å². The minimum absolute atomic E-state index is 0.637. The van der Waals surface area contributed by atoms with Crippen molar-refractivity contribution in [2.75, 3.05) is 6.61 Å². The first-order chi connectivity index (χ1) is 6.66. The zero-order chi connectivity index (χ0) is 10.8. The molecule has 0 aromatic rings. The molecule has 1 unspecified atom stereocenters. The first kappa shape index (κ1) is 13.9. The molecule has 0 aliphatic carbocycles. The largest absolute Gasteiger partial charge is 0.350 e. The van der Waals surface area contributed by atoms with Crippen molar-refractivity contribution in [3.8, 4) is 0 Å². The predicted octanol–water partition coefficient (Wildman–Crippen LogP) is 3.78. The van der Waals surface area contributed by atoms with Crippen molar-refractivity contribution < 1.29 is 9.84 Å². The van der Waals surface area contributed by atoms with Gasteiger partial charge >= 0.3 is 0 Å². The fourth-order valence-corrected chi connectivity index (χ4v) is 1.35. The first-order valence-electron chi connectivity index (χ1n) is 5.94. The fourth-order valence-electron chi connectivity index (χ4n) is 1.35. The third-order valence-corrected chi connectivity index (χ3v) is 2.27. The standard InChI is InChI=1S/C12H25O2/c1-4-5-6-9-12(13)14-10-7-8-11(2)3/h11-12H,4-10H2,1-3H3. The molecule has 0 N–H and O–H groups in total. The molecule has 2 nitrogen and oxygen atoms in total. The van der Waals surface area contributed by atoms with E-state index in [1.165, 1.54) is 6.42 Å². The minimum Gasteiger partial charge on any atom is -0.350 e. The van der Waals surface area contributed by atoms with Gasteiger partial charge in [-0.1, -0.05) is 33.6 Å². The van der Waals surface area contributed by atoms with Crippen LogP contribution in [0.2, 0.25) is 0 Å². The van der Waals surface area contributed by atoms with Gasteiger partial charge < -0.3 is 4.74 Å². The molecule has 0 fully saturated rings. The summed E-state index contributed by atoms with van der Waals surface area (Å²) in [6.07, 6.45) is 5.39. The normalized spacial score (nSPS) is 13.5. The van der Waals surface area contributed by atoms with Crippen LogP contribution in [0.15, 0.2) is 0 Å². The van der Waals surface area contributed by atoms with E-state index in [-0.39, 0.29) is 0 Å². The van der Waals surface area contributed by atoms with Crippen LogP contribution in [0.25, 0.3) is 0 Å². The maximum Gasteiger partial charge on any atom is 0.191 e. The average Bonchev–Trinajstić information content (AvgIpc) is 2.13. The molecule has 0 saturated heterocycles. The molecule has 2 heteroatoms. The van der Waals surface area contributed by atoms with Gasteiger partial charge in [0.25, 0.3) is 0 Å². The fraction of sp³-hybridized carbons (Fsp3) is 1.00. The number of unbranched alkanes of at least 4 members (excludes halogenated alkanes) is 2. The lowest BCUT2D eigenvalue weighted by Gasteiger charge is -2.10. The molecule has 0 amide bonds.